The first-order chi connectivity index (χ1) is 13.6. The van der Waals surface area contributed by atoms with Gasteiger partial charge in [-0.25, -0.2) is 0 Å². The van der Waals surface area contributed by atoms with E-state index < -0.39 is 0 Å². The summed E-state index contributed by atoms with van der Waals surface area (Å²) >= 11 is 0. The van der Waals surface area contributed by atoms with E-state index in [9.17, 15) is 4.79 Å². The van der Waals surface area contributed by atoms with Crippen LogP contribution in [0.5, 0.6) is 5.75 Å². The second-order valence-corrected chi connectivity index (χ2v) is 8.79. The van der Waals surface area contributed by atoms with E-state index in [1.54, 1.807) is 0 Å². The predicted molar refractivity (Wildman–Crippen MR) is 110 cm³/mol. The SMILES string of the molecule is CC1Cc2cc(CCC(=O)N(CC3CCCO3)C3CCN(C)CC3)ccc2O1. The third-order valence-electron chi connectivity index (χ3n) is 6.46. The molecule has 2 saturated heterocycles. The zero-order chi connectivity index (χ0) is 19.5. The number of carbonyl (C=O) groups is 1. The first-order valence-corrected chi connectivity index (χ1v) is 11.0. The molecule has 5 heteroatoms. The van der Waals surface area contributed by atoms with Gasteiger partial charge in [-0.3, -0.25) is 4.79 Å². The number of rotatable bonds is 6. The predicted octanol–water partition coefficient (Wildman–Crippen LogP) is 3.04. The van der Waals surface area contributed by atoms with Crippen molar-refractivity contribution in [1.82, 2.24) is 9.80 Å². The van der Waals surface area contributed by atoms with Crippen molar-refractivity contribution in [2.75, 3.05) is 33.3 Å². The Morgan fingerprint density at radius 1 is 1.25 bits per heavy atom. The van der Waals surface area contributed by atoms with Gasteiger partial charge in [0.15, 0.2) is 0 Å². The number of likely N-dealkylation sites (tertiary alicyclic amines) is 1. The Kier molecular flexibility index (Phi) is 6.22. The van der Waals surface area contributed by atoms with E-state index in [4.69, 9.17) is 9.47 Å². The van der Waals surface area contributed by atoms with Crippen molar-refractivity contribution in [3.63, 3.8) is 0 Å². The lowest BCUT2D eigenvalue weighted by atomic mass is 10.0. The molecular weight excluding hydrogens is 352 g/mol. The van der Waals surface area contributed by atoms with Gasteiger partial charge in [-0.15, -0.1) is 0 Å². The van der Waals surface area contributed by atoms with Crippen LogP contribution in [-0.2, 0) is 22.4 Å². The summed E-state index contributed by atoms with van der Waals surface area (Å²) < 4.78 is 11.6. The monoisotopic (exact) mass is 386 g/mol. The van der Waals surface area contributed by atoms with Crippen molar-refractivity contribution in [3.8, 4) is 5.75 Å². The lowest BCUT2D eigenvalue weighted by Crippen LogP contribution is -2.49. The maximum atomic E-state index is 13.2. The van der Waals surface area contributed by atoms with E-state index >= 15 is 0 Å². The minimum atomic E-state index is 0.224. The van der Waals surface area contributed by atoms with Crippen LogP contribution in [0.3, 0.4) is 0 Å². The summed E-state index contributed by atoms with van der Waals surface area (Å²) in [6.07, 6.45) is 7.18. The summed E-state index contributed by atoms with van der Waals surface area (Å²) in [5, 5.41) is 0. The number of amides is 1. The summed E-state index contributed by atoms with van der Waals surface area (Å²) in [4.78, 5) is 17.7. The van der Waals surface area contributed by atoms with Crippen LogP contribution in [0.1, 0.15) is 50.2 Å². The van der Waals surface area contributed by atoms with Crippen LogP contribution in [0, 0.1) is 0 Å². The van der Waals surface area contributed by atoms with E-state index in [0.717, 1.165) is 70.5 Å². The summed E-state index contributed by atoms with van der Waals surface area (Å²) in [6, 6.07) is 6.78. The van der Waals surface area contributed by atoms with Gasteiger partial charge in [-0.2, -0.15) is 0 Å². The van der Waals surface area contributed by atoms with Crippen LogP contribution in [-0.4, -0.2) is 67.2 Å². The van der Waals surface area contributed by atoms with Crippen LogP contribution in [0.15, 0.2) is 18.2 Å². The van der Waals surface area contributed by atoms with Crippen molar-refractivity contribution in [1.29, 1.82) is 0 Å². The fourth-order valence-corrected chi connectivity index (χ4v) is 4.79. The van der Waals surface area contributed by atoms with Crippen molar-refractivity contribution in [3.05, 3.63) is 29.3 Å². The number of nitrogens with zero attached hydrogens (tertiary/aromatic N) is 2. The molecule has 2 fully saturated rings. The largest absolute Gasteiger partial charge is 0.490 e. The molecule has 0 saturated carbocycles. The van der Waals surface area contributed by atoms with Gasteiger partial charge in [0.25, 0.3) is 0 Å². The Balaban J connectivity index is 1.38. The highest BCUT2D eigenvalue weighted by Crippen LogP contribution is 2.30. The number of benzene rings is 1. The Hall–Kier alpha value is -1.59. The standard InChI is InChI=1S/C23H34N2O3/c1-17-14-19-15-18(5-7-22(19)28-17)6-8-23(26)25(16-21-4-3-13-27-21)20-9-11-24(2)12-10-20/h5,7,15,17,20-21H,3-4,6,8-14,16H2,1-2H3. The number of hydrogen-bond donors (Lipinski definition) is 0. The maximum absolute atomic E-state index is 13.2. The Morgan fingerprint density at radius 3 is 2.82 bits per heavy atom. The third-order valence-corrected chi connectivity index (χ3v) is 6.46. The van der Waals surface area contributed by atoms with Gasteiger partial charge in [0.05, 0.1) is 6.10 Å². The number of aryl methyl sites for hydroxylation is 1. The van der Waals surface area contributed by atoms with Gasteiger partial charge >= 0.3 is 0 Å². The molecule has 154 valence electrons. The van der Waals surface area contributed by atoms with E-state index in [-0.39, 0.29) is 18.1 Å². The average molecular weight is 387 g/mol. The maximum Gasteiger partial charge on any atom is 0.223 e. The molecule has 0 radical (unpaired) electrons. The van der Waals surface area contributed by atoms with Gasteiger partial charge in [-0.05, 0) is 76.4 Å². The highest BCUT2D eigenvalue weighted by Gasteiger charge is 2.30. The van der Waals surface area contributed by atoms with Crippen molar-refractivity contribution < 1.29 is 14.3 Å². The first-order valence-electron chi connectivity index (χ1n) is 11.0. The highest BCUT2D eigenvalue weighted by atomic mass is 16.5. The number of fused-ring (bicyclic) bond motifs is 1. The van der Waals surface area contributed by atoms with Crippen molar-refractivity contribution in [2.24, 2.45) is 0 Å². The molecule has 28 heavy (non-hydrogen) atoms. The molecule has 2 atom stereocenters. The molecular formula is C23H34N2O3. The molecule has 0 spiro atoms. The second kappa shape index (κ2) is 8.83. The number of carbonyl (C=O) groups excluding carboxylic acids is 1. The lowest BCUT2D eigenvalue weighted by Gasteiger charge is -2.38. The highest BCUT2D eigenvalue weighted by molar-refractivity contribution is 5.77. The van der Waals surface area contributed by atoms with Crippen LogP contribution in [0.25, 0.3) is 0 Å². The molecule has 3 aliphatic heterocycles. The number of hydrogen-bond acceptors (Lipinski definition) is 4. The van der Waals surface area contributed by atoms with E-state index in [2.05, 4.69) is 42.0 Å². The van der Waals surface area contributed by atoms with Gasteiger partial charge < -0.3 is 19.3 Å². The molecule has 3 aliphatic rings. The van der Waals surface area contributed by atoms with Crippen LogP contribution in [0.2, 0.25) is 0 Å². The van der Waals surface area contributed by atoms with E-state index in [0.29, 0.717) is 12.5 Å². The Bertz CT molecular complexity index is 678. The van der Waals surface area contributed by atoms with Gasteiger partial charge in [0.2, 0.25) is 5.91 Å². The summed E-state index contributed by atoms with van der Waals surface area (Å²) in [5.74, 6) is 1.30. The topological polar surface area (TPSA) is 42.0 Å². The average Bonchev–Trinajstić information content (AvgIpc) is 3.33. The third kappa shape index (κ3) is 4.69. The van der Waals surface area contributed by atoms with Gasteiger partial charge in [0, 0.05) is 32.0 Å². The quantitative estimate of drug-likeness (QED) is 0.754. The van der Waals surface area contributed by atoms with Gasteiger partial charge in [-0.1, -0.05) is 12.1 Å². The molecule has 0 bridgehead atoms. The summed E-state index contributed by atoms with van der Waals surface area (Å²) in [7, 11) is 2.17. The smallest absolute Gasteiger partial charge is 0.223 e. The molecule has 0 aliphatic carbocycles. The zero-order valence-corrected chi connectivity index (χ0v) is 17.4. The molecule has 0 aromatic heterocycles. The zero-order valence-electron chi connectivity index (χ0n) is 17.4. The Morgan fingerprint density at radius 2 is 2.07 bits per heavy atom. The summed E-state index contributed by atoms with van der Waals surface area (Å²) in [6.45, 7) is 5.86. The molecule has 1 amide bonds. The fourth-order valence-electron chi connectivity index (χ4n) is 4.79. The Labute approximate surface area is 169 Å². The molecule has 2 unspecified atom stereocenters. The molecule has 1 aromatic carbocycles. The van der Waals surface area contributed by atoms with Crippen molar-refractivity contribution in [2.45, 2.75) is 70.1 Å². The molecule has 3 heterocycles. The molecule has 5 nitrogen and oxygen atoms in total. The first kappa shape index (κ1) is 19.7. The molecule has 4 rings (SSSR count). The fraction of sp³-hybridized carbons (Fsp3) is 0.696. The lowest BCUT2D eigenvalue weighted by molar-refractivity contribution is -0.136. The van der Waals surface area contributed by atoms with Crippen LogP contribution in [0.4, 0.5) is 0 Å². The summed E-state index contributed by atoms with van der Waals surface area (Å²) in [5.41, 5.74) is 2.52. The minimum Gasteiger partial charge on any atom is -0.490 e. The minimum absolute atomic E-state index is 0.224. The molecule has 0 N–H and O–H groups in total. The number of piperidine rings is 1. The van der Waals surface area contributed by atoms with E-state index in [1.807, 2.05) is 0 Å². The van der Waals surface area contributed by atoms with Gasteiger partial charge in [0.1, 0.15) is 11.9 Å². The van der Waals surface area contributed by atoms with Crippen molar-refractivity contribution >= 4 is 5.91 Å². The normalized spacial score (nSPS) is 25.5. The molecule has 1 aromatic rings. The van der Waals surface area contributed by atoms with Crippen LogP contribution >= 0.6 is 0 Å². The van der Waals surface area contributed by atoms with E-state index in [1.165, 1.54) is 11.1 Å². The number of ether oxygens (including phenoxy) is 2. The van der Waals surface area contributed by atoms with Crippen LogP contribution < -0.4 is 4.74 Å². The second-order valence-electron chi connectivity index (χ2n) is 8.79.